The van der Waals surface area contributed by atoms with E-state index in [2.05, 4.69) is 10.6 Å². The molecule has 172 valence electrons. The minimum atomic E-state index is -0.606. The lowest BCUT2D eigenvalue weighted by molar-refractivity contribution is -0.116. The summed E-state index contributed by atoms with van der Waals surface area (Å²) in [4.78, 5) is 38.9. The topological polar surface area (TPSA) is 97.0 Å². The predicted molar refractivity (Wildman–Crippen MR) is 124 cm³/mol. The number of carbonyl (C=O) groups is 3. The fraction of sp³-hybridized carbons (Fsp3) is 0.375. The fourth-order valence-corrected chi connectivity index (χ4v) is 2.93. The molecule has 0 aliphatic rings. The van der Waals surface area contributed by atoms with Crippen LogP contribution in [0.1, 0.15) is 44.5 Å². The summed E-state index contributed by atoms with van der Waals surface area (Å²) in [5, 5.41) is 5.41. The maximum Gasteiger partial charge on any atom is 0.412 e. The number of nitrogens with zero attached hydrogens (tertiary/aromatic N) is 1. The first-order valence-corrected chi connectivity index (χ1v) is 10.4. The SMILES string of the molecule is CCCN(CC(=O)Nc1ccccc1OC)C(=O)c1ccc(NC(=O)OC(C)(C)C)cc1. The van der Waals surface area contributed by atoms with Gasteiger partial charge in [0.15, 0.2) is 0 Å². The third-order valence-electron chi connectivity index (χ3n) is 4.27. The number of anilines is 2. The Labute approximate surface area is 188 Å². The zero-order valence-corrected chi connectivity index (χ0v) is 19.2. The van der Waals surface area contributed by atoms with Crippen LogP contribution in [0.3, 0.4) is 0 Å². The van der Waals surface area contributed by atoms with Crippen molar-refractivity contribution in [2.45, 2.75) is 39.7 Å². The molecule has 3 amide bonds. The van der Waals surface area contributed by atoms with Crippen molar-refractivity contribution in [3.05, 3.63) is 54.1 Å². The van der Waals surface area contributed by atoms with Gasteiger partial charge in [0.2, 0.25) is 5.91 Å². The van der Waals surface area contributed by atoms with Crippen molar-refractivity contribution < 1.29 is 23.9 Å². The van der Waals surface area contributed by atoms with Crippen molar-refractivity contribution in [2.75, 3.05) is 30.8 Å². The monoisotopic (exact) mass is 441 g/mol. The normalized spacial score (nSPS) is 10.8. The maximum atomic E-state index is 13.0. The van der Waals surface area contributed by atoms with Gasteiger partial charge in [-0.05, 0) is 63.6 Å². The average Bonchev–Trinajstić information content (AvgIpc) is 2.72. The van der Waals surface area contributed by atoms with Crippen LogP contribution >= 0.6 is 0 Å². The third kappa shape index (κ3) is 7.61. The highest BCUT2D eigenvalue weighted by Crippen LogP contribution is 2.23. The van der Waals surface area contributed by atoms with E-state index in [1.54, 1.807) is 63.2 Å². The van der Waals surface area contributed by atoms with E-state index in [0.29, 0.717) is 35.7 Å². The van der Waals surface area contributed by atoms with Crippen LogP contribution < -0.4 is 15.4 Å². The Morgan fingerprint density at radius 1 is 0.969 bits per heavy atom. The molecule has 0 spiro atoms. The Morgan fingerprint density at radius 2 is 1.62 bits per heavy atom. The number of ether oxygens (including phenoxy) is 2. The predicted octanol–water partition coefficient (Wildman–Crippen LogP) is 4.53. The van der Waals surface area contributed by atoms with Gasteiger partial charge in [-0.15, -0.1) is 0 Å². The van der Waals surface area contributed by atoms with E-state index >= 15 is 0 Å². The van der Waals surface area contributed by atoms with Crippen LogP contribution in [-0.2, 0) is 9.53 Å². The quantitative estimate of drug-likeness (QED) is 0.627. The number of carbonyl (C=O) groups excluding carboxylic acids is 3. The van der Waals surface area contributed by atoms with Gasteiger partial charge in [-0.2, -0.15) is 0 Å². The van der Waals surface area contributed by atoms with E-state index in [-0.39, 0.29) is 18.4 Å². The number of hydrogen-bond donors (Lipinski definition) is 2. The van der Waals surface area contributed by atoms with Crippen molar-refractivity contribution in [1.29, 1.82) is 0 Å². The number of para-hydroxylation sites is 2. The lowest BCUT2D eigenvalue weighted by Gasteiger charge is -2.22. The summed E-state index contributed by atoms with van der Waals surface area (Å²) in [6.45, 7) is 7.60. The first-order chi connectivity index (χ1) is 15.1. The van der Waals surface area contributed by atoms with Crippen molar-refractivity contribution in [2.24, 2.45) is 0 Å². The first-order valence-electron chi connectivity index (χ1n) is 10.4. The van der Waals surface area contributed by atoms with Crippen LogP contribution in [0.5, 0.6) is 5.75 Å². The molecule has 0 saturated carbocycles. The zero-order chi connectivity index (χ0) is 23.7. The number of rotatable bonds is 8. The molecule has 0 atom stereocenters. The molecule has 0 heterocycles. The highest BCUT2D eigenvalue weighted by molar-refractivity contribution is 6.00. The van der Waals surface area contributed by atoms with E-state index < -0.39 is 11.7 Å². The molecule has 2 aromatic rings. The summed E-state index contributed by atoms with van der Waals surface area (Å²) in [6.07, 6.45) is 0.128. The summed E-state index contributed by atoms with van der Waals surface area (Å²) >= 11 is 0. The Kier molecular flexibility index (Phi) is 8.63. The molecular weight excluding hydrogens is 410 g/mol. The van der Waals surface area contributed by atoms with Gasteiger partial charge in [-0.25, -0.2) is 4.79 Å². The zero-order valence-electron chi connectivity index (χ0n) is 19.2. The van der Waals surface area contributed by atoms with Gasteiger partial charge in [0.25, 0.3) is 5.91 Å². The summed E-state index contributed by atoms with van der Waals surface area (Å²) in [7, 11) is 1.53. The van der Waals surface area contributed by atoms with E-state index in [1.807, 2.05) is 13.0 Å². The van der Waals surface area contributed by atoms with Crippen LogP contribution in [0.25, 0.3) is 0 Å². The summed E-state index contributed by atoms with van der Waals surface area (Å²) < 4.78 is 10.5. The maximum absolute atomic E-state index is 13.0. The van der Waals surface area contributed by atoms with E-state index in [1.165, 1.54) is 12.0 Å². The van der Waals surface area contributed by atoms with Gasteiger partial charge < -0.3 is 19.7 Å². The number of benzene rings is 2. The standard InChI is InChI=1S/C24H31N3O5/c1-6-15-27(16-21(28)26-19-9-7-8-10-20(19)31-5)22(29)17-11-13-18(14-12-17)25-23(30)32-24(2,3)4/h7-14H,6,15-16H2,1-5H3,(H,25,30)(H,26,28). The lowest BCUT2D eigenvalue weighted by atomic mass is 10.1. The molecule has 0 aliphatic heterocycles. The molecule has 0 unspecified atom stereocenters. The molecule has 8 nitrogen and oxygen atoms in total. The second kappa shape index (κ2) is 11.2. The molecular formula is C24H31N3O5. The molecule has 2 N–H and O–H groups in total. The highest BCUT2D eigenvalue weighted by Gasteiger charge is 2.20. The molecule has 0 aromatic heterocycles. The van der Waals surface area contributed by atoms with Gasteiger partial charge >= 0.3 is 6.09 Å². The third-order valence-corrected chi connectivity index (χ3v) is 4.27. The molecule has 2 aromatic carbocycles. The van der Waals surface area contributed by atoms with Crippen LogP contribution in [0.4, 0.5) is 16.2 Å². The lowest BCUT2D eigenvalue weighted by Crippen LogP contribution is -2.38. The van der Waals surface area contributed by atoms with Gasteiger partial charge in [0.05, 0.1) is 12.8 Å². The largest absolute Gasteiger partial charge is 0.495 e. The molecule has 0 fully saturated rings. The Morgan fingerprint density at radius 3 is 2.22 bits per heavy atom. The molecule has 0 saturated heterocycles. The Balaban J connectivity index is 2.04. The Hall–Kier alpha value is -3.55. The number of hydrogen-bond acceptors (Lipinski definition) is 5. The second-order valence-electron chi connectivity index (χ2n) is 8.18. The van der Waals surface area contributed by atoms with E-state index in [9.17, 15) is 14.4 Å². The smallest absolute Gasteiger partial charge is 0.412 e. The van der Waals surface area contributed by atoms with Crippen molar-refractivity contribution >= 4 is 29.3 Å². The summed E-state index contributed by atoms with van der Waals surface area (Å²) in [6, 6.07) is 13.5. The van der Waals surface area contributed by atoms with Crippen molar-refractivity contribution in [3.63, 3.8) is 0 Å². The van der Waals surface area contributed by atoms with Crippen LogP contribution in [0.15, 0.2) is 48.5 Å². The average molecular weight is 442 g/mol. The molecule has 0 radical (unpaired) electrons. The minimum absolute atomic E-state index is 0.0946. The minimum Gasteiger partial charge on any atom is -0.495 e. The van der Waals surface area contributed by atoms with Gasteiger partial charge in [0.1, 0.15) is 17.9 Å². The molecule has 8 heteroatoms. The first kappa shape index (κ1) is 24.7. The van der Waals surface area contributed by atoms with Crippen molar-refractivity contribution in [1.82, 2.24) is 4.90 Å². The second-order valence-corrected chi connectivity index (χ2v) is 8.18. The van der Waals surface area contributed by atoms with E-state index in [0.717, 1.165) is 0 Å². The number of nitrogens with one attached hydrogen (secondary N) is 2. The van der Waals surface area contributed by atoms with E-state index in [4.69, 9.17) is 9.47 Å². The number of amides is 3. The Bertz CT molecular complexity index is 935. The summed E-state index contributed by atoms with van der Waals surface area (Å²) in [5.74, 6) is -0.0485. The molecule has 0 bridgehead atoms. The molecule has 32 heavy (non-hydrogen) atoms. The number of methoxy groups -OCH3 is 1. The highest BCUT2D eigenvalue weighted by atomic mass is 16.6. The summed E-state index contributed by atoms with van der Waals surface area (Å²) in [5.41, 5.74) is 0.858. The molecule has 0 aliphatic carbocycles. The van der Waals surface area contributed by atoms with Gasteiger partial charge in [0, 0.05) is 17.8 Å². The van der Waals surface area contributed by atoms with Gasteiger partial charge in [-0.1, -0.05) is 19.1 Å². The van der Waals surface area contributed by atoms with Crippen LogP contribution in [-0.4, -0.2) is 48.6 Å². The van der Waals surface area contributed by atoms with Crippen LogP contribution in [0, 0.1) is 0 Å². The van der Waals surface area contributed by atoms with Gasteiger partial charge in [-0.3, -0.25) is 14.9 Å². The van der Waals surface area contributed by atoms with Crippen molar-refractivity contribution in [3.8, 4) is 5.75 Å². The van der Waals surface area contributed by atoms with Crippen LogP contribution in [0.2, 0.25) is 0 Å². The fourth-order valence-electron chi connectivity index (χ4n) is 2.93. The molecule has 2 rings (SSSR count).